The summed E-state index contributed by atoms with van der Waals surface area (Å²) in [5.74, 6) is -35.3. The van der Waals surface area contributed by atoms with Gasteiger partial charge in [-0.2, -0.15) is 189 Å². The molecule has 0 bridgehead atoms. The molecule has 0 radical (unpaired) electrons. The van der Waals surface area contributed by atoms with Crippen LogP contribution in [0.15, 0.2) is 44.3 Å². The Kier molecular flexibility index (Phi) is 42.9. The van der Waals surface area contributed by atoms with E-state index in [0.29, 0.717) is 20.9 Å². The first kappa shape index (κ1) is 107. The van der Waals surface area contributed by atoms with Crippen molar-refractivity contribution in [2.24, 2.45) is 25.9 Å². The summed E-state index contributed by atoms with van der Waals surface area (Å²) >= 11 is 0. The van der Waals surface area contributed by atoms with Crippen LogP contribution < -0.4 is 0 Å². The lowest BCUT2D eigenvalue weighted by Gasteiger charge is -2.38. The maximum Gasteiger partial charge on any atom is 0.459 e. The molecule has 566 valence electrons. The lowest BCUT2D eigenvalue weighted by atomic mass is 9.97. The van der Waals surface area contributed by atoms with Gasteiger partial charge in [-0.3, -0.25) is 34.5 Å². The monoisotopic (exact) mass is 1500 g/mol. The molecule has 1 rings (SSSR count). The Morgan fingerprint density at radius 1 is 0.436 bits per heavy atom. The Morgan fingerprint density at radius 3 is 0.723 bits per heavy atom. The van der Waals surface area contributed by atoms with E-state index in [1.807, 2.05) is 13.8 Å². The summed E-state index contributed by atoms with van der Waals surface area (Å²) in [6.45, 7) is 13.1. The number of imide groups is 1. The van der Waals surface area contributed by atoms with Crippen molar-refractivity contribution in [1.82, 2.24) is 4.90 Å². The van der Waals surface area contributed by atoms with E-state index in [-0.39, 0.29) is 20.9 Å². The molecule has 94 heavy (non-hydrogen) atoms. The maximum absolute atomic E-state index is 12.5. The fourth-order valence-corrected chi connectivity index (χ4v) is 2.45. The number of allylic oxidation sites excluding steroid dienone is 2. The molecule has 51 heteroatoms. The minimum atomic E-state index is -6.01. The van der Waals surface area contributed by atoms with Crippen LogP contribution in [0.5, 0.6) is 0 Å². The minimum absolute atomic E-state index is 0.0833. The number of alkyl halides is 43. The van der Waals surface area contributed by atoms with Crippen molar-refractivity contribution in [3.05, 3.63) is 24.3 Å². The van der Waals surface area contributed by atoms with Crippen molar-refractivity contribution in [3.8, 4) is 0 Å². The quantitative estimate of drug-likeness (QED) is 0.129. The topological polar surface area (TPSA) is 107 Å². The van der Waals surface area contributed by atoms with Crippen molar-refractivity contribution < 1.29 is 203 Å². The van der Waals surface area contributed by atoms with Crippen LogP contribution >= 0.6 is 0 Å². The fraction of sp³-hybridized carbons (Fsp3) is 0.767. The molecule has 0 aromatic heterocycles. The van der Waals surface area contributed by atoms with Gasteiger partial charge in [0.2, 0.25) is 5.71 Å². The molecule has 0 atom stereocenters. The van der Waals surface area contributed by atoms with E-state index in [4.69, 9.17) is 5.11 Å². The number of aliphatic hydroxyl groups is 1. The summed E-state index contributed by atoms with van der Waals surface area (Å²) in [4.78, 5) is 31.9. The Hall–Kier alpha value is -5.75. The molecule has 0 spiro atoms. The summed E-state index contributed by atoms with van der Waals surface area (Å²) < 4.78 is 494. The SMILES string of the molecule is C=C(C)C(F)(F)C(F)(F)F.C=C(C)C(F)(F)F.CC(C(F)(F)F)C(F)(F)F.CC(O)(C(F)(F)F)C(F)(F)F.CCC(F)(F)F.CN1C(=O)C(F)(F)C(F)(F)C(F)(F)C1=O.CN=C(C(F)(F)F)C(F)(F)F.CN=C(C)C.CN=C(C)C(F)(F)C(F)(F)F.CN=C(C)C(F)(F)F. The van der Waals surface area contributed by atoms with Crippen LogP contribution in [-0.4, -0.2) is 183 Å². The summed E-state index contributed by atoms with van der Waals surface area (Å²) in [6.07, 6.45) is -56.8. The normalized spacial score (nSPS) is 15.8. The van der Waals surface area contributed by atoms with Gasteiger partial charge in [-0.05, 0) is 61.0 Å². The molecule has 0 saturated carbocycles. The second-order valence-corrected chi connectivity index (χ2v) is 16.8. The van der Waals surface area contributed by atoms with Gasteiger partial charge >= 0.3 is 109 Å². The number of amides is 2. The number of hydrogen-bond acceptors (Lipinski definition) is 7. The van der Waals surface area contributed by atoms with Gasteiger partial charge in [0, 0.05) is 52.9 Å². The van der Waals surface area contributed by atoms with E-state index in [0.717, 1.165) is 40.6 Å². The average Bonchev–Trinajstić information content (AvgIpc) is 0.721. The second-order valence-electron chi connectivity index (χ2n) is 16.8. The number of aliphatic imine (C=N–C) groups is 4. The van der Waals surface area contributed by atoms with Crippen molar-refractivity contribution in [2.45, 2.75) is 172 Å². The molecule has 8 nitrogen and oxygen atoms in total. The number of rotatable bonds is 2. The molecule has 0 aromatic carbocycles. The van der Waals surface area contributed by atoms with Crippen molar-refractivity contribution in [3.63, 3.8) is 0 Å². The Balaban J connectivity index is -0.000000124. The van der Waals surface area contributed by atoms with Crippen molar-refractivity contribution >= 4 is 34.7 Å². The van der Waals surface area contributed by atoms with E-state index < -0.39 is 160 Å². The van der Waals surface area contributed by atoms with Crippen LogP contribution in [0.3, 0.4) is 0 Å². The molecule has 0 aliphatic carbocycles. The number of likely N-dealkylation sites (tertiary alicyclic amines) is 1. The molecule has 1 heterocycles. The number of carbonyl (C=O) groups excluding carboxylic acids is 2. The molecular formula is C43H50F43N5O3. The third kappa shape index (κ3) is 38.7. The number of piperidine rings is 1. The standard InChI is InChI=1S/C6H3F6NO2.C5H6F5N.C5H5F5.C4H3F6N.C4H4F6O.C4H4F6.C4H6F3N.C4H5F3.C4H9N.C3H5F3/c1-13-2(14)4(7,8)6(11,12)5(9,10)3(13)15;1-3(11-2)4(6,7)5(8,9)10;1-3(2)4(6,7)5(8,9)10;1-11-2(3(5,6)7)4(8,9)10;1-2(11,3(5,6)7)4(8,9)10;1-2(3(5,6)7)4(8,9)10;1-3(8-2)4(5,6)7;1-3(2)4(5,6)7;1-4(2)5-3;1-2-3(4,5)6/h1H3;1-2H3;1H2,2H3;1H3;11H,1H3;2H,1H3;1-2H3;1H2,2H3;1-3H3;2H2,1H3. The van der Waals surface area contributed by atoms with Gasteiger partial charge in [0.15, 0.2) is 0 Å². The molecule has 1 aliphatic rings. The molecule has 1 fully saturated rings. The van der Waals surface area contributed by atoms with Crippen molar-refractivity contribution in [2.75, 3.05) is 35.2 Å². The summed E-state index contributed by atoms with van der Waals surface area (Å²) in [5.41, 5.74) is -10.2. The lowest BCUT2D eigenvalue weighted by molar-refractivity contribution is -0.360. The highest BCUT2D eigenvalue weighted by atomic mass is 19.5. The van der Waals surface area contributed by atoms with Crippen molar-refractivity contribution in [1.29, 1.82) is 0 Å². The Morgan fingerprint density at radius 2 is 0.670 bits per heavy atom. The average molecular weight is 1500 g/mol. The molecule has 0 unspecified atom stereocenters. The molecule has 1 aliphatic heterocycles. The first-order chi connectivity index (χ1) is 40.0. The zero-order valence-electron chi connectivity index (χ0n) is 49.0. The summed E-state index contributed by atoms with van der Waals surface area (Å²) in [6, 6.07) is 0. The zero-order chi connectivity index (χ0) is 79.8. The first-order valence-electron chi connectivity index (χ1n) is 22.3. The molecule has 2 amide bonds. The van der Waals surface area contributed by atoms with E-state index in [2.05, 4.69) is 33.1 Å². The number of carbonyl (C=O) groups is 2. The van der Waals surface area contributed by atoms with Crippen LogP contribution in [-0.2, 0) is 9.59 Å². The van der Waals surface area contributed by atoms with Gasteiger partial charge in [0.25, 0.3) is 5.60 Å². The highest BCUT2D eigenvalue weighted by molar-refractivity contribution is 6.06. The van der Waals surface area contributed by atoms with Crippen LogP contribution in [0, 0.1) is 5.92 Å². The maximum atomic E-state index is 12.5. The first-order valence-corrected chi connectivity index (χ1v) is 22.3. The van der Waals surface area contributed by atoms with E-state index in [1.165, 1.54) is 0 Å². The number of nitrogens with zero attached hydrogens (tertiary/aromatic N) is 5. The van der Waals surface area contributed by atoms with E-state index >= 15 is 0 Å². The molecule has 1 saturated heterocycles. The van der Waals surface area contributed by atoms with Gasteiger partial charge in [0.1, 0.15) is 11.6 Å². The van der Waals surface area contributed by atoms with Crippen LogP contribution in [0.4, 0.5) is 189 Å². The van der Waals surface area contributed by atoms with Gasteiger partial charge in [-0.15, -0.1) is 0 Å². The molecule has 0 aromatic rings. The third-order valence-corrected chi connectivity index (χ3v) is 8.90. The Labute approximate surface area is 500 Å². The predicted octanol–water partition coefficient (Wildman–Crippen LogP) is 19.5. The number of halogens is 43. The minimum Gasteiger partial charge on any atom is -0.374 e. The fourth-order valence-electron chi connectivity index (χ4n) is 2.45. The zero-order valence-corrected chi connectivity index (χ0v) is 49.0. The highest BCUT2D eigenvalue weighted by Crippen LogP contribution is 2.50. The van der Waals surface area contributed by atoms with Gasteiger partial charge in [0.05, 0.1) is 5.71 Å². The predicted molar refractivity (Wildman–Crippen MR) is 245 cm³/mol. The number of hydrogen-bond donors (Lipinski definition) is 1. The molecular weight excluding hydrogens is 1450 g/mol. The van der Waals surface area contributed by atoms with Gasteiger partial charge in [-0.25, -0.2) is 0 Å². The van der Waals surface area contributed by atoms with E-state index in [9.17, 15) is 198 Å². The summed E-state index contributed by atoms with van der Waals surface area (Å²) in [5, 5.41) is 7.94. The van der Waals surface area contributed by atoms with E-state index in [1.54, 1.807) is 7.05 Å². The van der Waals surface area contributed by atoms with Crippen LogP contribution in [0.2, 0.25) is 0 Å². The smallest absolute Gasteiger partial charge is 0.374 e. The second kappa shape index (κ2) is 37.7. The lowest BCUT2D eigenvalue weighted by Crippen LogP contribution is -2.71. The van der Waals surface area contributed by atoms with Crippen LogP contribution in [0.25, 0.3) is 0 Å². The van der Waals surface area contributed by atoms with Gasteiger partial charge in [-0.1, -0.05) is 20.1 Å². The van der Waals surface area contributed by atoms with Crippen LogP contribution in [0.1, 0.15) is 68.7 Å². The largest absolute Gasteiger partial charge is 0.459 e. The Bertz CT molecular complexity index is 2320. The van der Waals surface area contributed by atoms with Gasteiger partial charge < -0.3 is 5.11 Å². The molecule has 1 N–H and O–H groups in total. The highest BCUT2D eigenvalue weighted by Gasteiger charge is 2.82. The summed E-state index contributed by atoms with van der Waals surface area (Å²) in [7, 11) is 4.51. The third-order valence-electron chi connectivity index (χ3n) is 8.90.